The Morgan fingerprint density at radius 3 is 1.36 bits per heavy atom. The lowest BCUT2D eigenvalue weighted by Gasteiger charge is -2.31. The third-order valence-electron chi connectivity index (χ3n) is 17.5. The van der Waals surface area contributed by atoms with Crippen LogP contribution >= 0.6 is 0 Å². The van der Waals surface area contributed by atoms with Crippen LogP contribution in [0.2, 0.25) is 0 Å². The summed E-state index contributed by atoms with van der Waals surface area (Å²) in [4.78, 5) is 45.4. The molecular weight excluding hydrogens is 1290 g/mol. The van der Waals surface area contributed by atoms with Gasteiger partial charge in [0.25, 0.3) is 5.91 Å². The smallest absolute Gasteiger partial charge is 0.251 e. The first-order valence-corrected chi connectivity index (χ1v) is 39.2. The van der Waals surface area contributed by atoms with Crippen LogP contribution in [0.1, 0.15) is 219 Å². The SMILES string of the molecule is CCOC1CC(C)OC(C)C1.CCOC1CCC(=O)NC1.CCOC1CCCN(C)C1=O.CCOC1CCCNC1=O.CCOC1CCCOC1.CCOC1CCNC(=O)C1.CCOC1CCOC1.CCOC1CCOCC1.CCOCC1CC(C)OC(C)C1.CCOCC1CCOCC1. The van der Waals surface area contributed by atoms with Crippen LogP contribution < -0.4 is 16.0 Å². The molecule has 4 amide bonds. The van der Waals surface area contributed by atoms with Gasteiger partial charge < -0.3 is 96.6 Å². The van der Waals surface area contributed by atoms with E-state index < -0.39 is 0 Å². The van der Waals surface area contributed by atoms with E-state index in [-0.39, 0.29) is 48.0 Å². The molecule has 10 aliphatic rings. The minimum absolute atomic E-state index is 0.0492. The van der Waals surface area contributed by atoms with E-state index in [1.165, 1.54) is 19.3 Å². The van der Waals surface area contributed by atoms with Gasteiger partial charge in [-0.2, -0.15) is 0 Å². The van der Waals surface area contributed by atoms with Crippen LogP contribution in [0, 0.1) is 11.8 Å². The van der Waals surface area contributed by atoms with Crippen LogP contribution in [0.5, 0.6) is 0 Å². The Morgan fingerprint density at radius 1 is 0.390 bits per heavy atom. The summed E-state index contributed by atoms with van der Waals surface area (Å²) in [6.07, 6.45) is 22.5. The van der Waals surface area contributed by atoms with Gasteiger partial charge >= 0.3 is 0 Å². The second-order valence-corrected chi connectivity index (χ2v) is 26.3. The zero-order valence-corrected chi connectivity index (χ0v) is 65.6. The number of hydrogen-bond acceptors (Lipinski definition) is 20. The molecule has 0 aromatic heterocycles. The van der Waals surface area contributed by atoms with E-state index in [9.17, 15) is 19.2 Å². The first kappa shape index (κ1) is 95.3. The monoisotopic (exact) mass is 1440 g/mol. The van der Waals surface area contributed by atoms with E-state index >= 15 is 0 Å². The van der Waals surface area contributed by atoms with Gasteiger partial charge in [-0.3, -0.25) is 19.2 Å². The quantitative estimate of drug-likeness (QED) is 0.0910. The highest BCUT2D eigenvalue weighted by molar-refractivity contribution is 5.81. The van der Waals surface area contributed by atoms with Crippen molar-refractivity contribution in [1.82, 2.24) is 20.9 Å². The highest BCUT2D eigenvalue weighted by Gasteiger charge is 2.28. The van der Waals surface area contributed by atoms with Gasteiger partial charge in [-0.15, -0.1) is 0 Å². The number of nitrogens with zero attached hydrogens (tertiary/aromatic N) is 1. The van der Waals surface area contributed by atoms with Crippen LogP contribution in [-0.4, -0.2) is 267 Å². The molecule has 0 spiro atoms. The molecule has 0 aromatic carbocycles. The van der Waals surface area contributed by atoms with E-state index in [1.807, 2.05) is 76.3 Å². The molecule has 3 N–H and O–H groups in total. The maximum absolute atomic E-state index is 11.3. The Morgan fingerprint density at radius 2 is 0.860 bits per heavy atom. The number of piperidine rings is 4. The number of ether oxygens (including phenoxy) is 16. The van der Waals surface area contributed by atoms with Gasteiger partial charge in [-0.05, 0) is 218 Å². The van der Waals surface area contributed by atoms with Gasteiger partial charge in [0.15, 0.2) is 0 Å². The third kappa shape index (κ3) is 50.6. The van der Waals surface area contributed by atoms with E-state index in [0.717, 1.165) is 228 Å². The summed E-state index contributed by atoms with van der Waals surface area (Å²) in [6.45, 7) is 48.1. The first-order chi connectivity index (χ1) is 48.4. The minimum atomic E-state index is -0.182. The lowest BCUT2D eigenvalue weighted by molar-refractivity contribution is -0.146. The van der Waals surface area contributed by atoms with Crippen molar-refractivity contribution in [3.63, 3.8) is 0 Å². The lowest BCUT2D eigenvalue weighted by atomic mass is 9.93. The van der Waals surface area contributed by atoms with Crippen molar-refractivity contribution in [3.05, 3.63) is 0 Å². The fourth-order valence-electron chi connectivity index (χ4n) is 12.6. The molecule has 10 rings (SSSR count). The Balaban J connectivity index is 0.000000556. The summed E-state index contributed by atoms with van der Waals surface area (Å²) >= 11 is 0. The summed E-state index contributed by atoms with van der Waals surface area (Å²) in [5.74, 6) is 1.92. The normalized spacial score (nSPS) is 28.4. The first-order valence-electron chi connectivity index (χ1n) is 39.2. The van der Waals surface area contributed by atoms with Crippen LogP contribution in [0.25, 0.3) is 0 Å². The molecule has 0 radical (unpaired) electrons. The molecule has 10 aliphatic heterocycles. The second-order valence-electron chi connectivity index (χ2n) is 26.3. The van der Waals surface area contributed by atoms with Gasteiger partial charge in [0, 0.05) is 159 Å². The number of hydrogen-bond donors (Lipinski definition) is 3. The molecule has 10 fully saturated rings. The fraction of sp³-hybridized carbons (Fsp3) is 0.947. The minimum Gasteiger partial charge on any atom is -0.381 e. The van der Waals surface area contributed by atoms with Crippen molar-refractivity contribution in [3.8, 4) is 0 Å². The average molecular weight is 1440 g/mol. The lowest BCUT2D eigenvalue weighted by Crippen LogP contribution is -2.42. The van der Waals surface area contributed by atoms with Crippen LogP contribution in [0.3, 0.4) is 0 Å². The number of likely N-dealkylation sites (tertiary alicyclic amines) is 1. The Bertz CT molecular complexity index is 1840. The molecule has 0 saturated carbocycles. The largest absolute Gasteiger partial charge is 0.381 e. The van der Waals surface area contributed by atoms with Crippen LogP contribution in [0.4, 0.5) is 0 Å². The third-order valence-corrected chi connectivity index (χ3v) is 17.5. The van der Waals surface area contributed by atoms with Crippen molar-refractivity contribution < 1.29 is 95.0 Å². The summed E-state index contributed by atoms with van der Waals surface area (Å²) in [6, 6.07) is 0. The van der Waals surface area contributed by atoms with Crippen LogP contribution in [0.15, 0.2) is 0 Å². The Kier molecular flexibility index (Phi) is 61.5. The number of likely N-dealkylation sites (N-methyl/N-ethyl adjacent to an activating group) is 1. The maximum Gasteiger partial charge on any atom is 0.251 e. The number of rotatable bonds is 22. The van der Waals surface area contributed by atoms with Gasteiger partial charge in [0.05, 0.1) is 80.7 Å². The molecule has 10 heterocycles. The molecule has 592 valence electrons. The molecule has 0 bridgehead atoms. The van der Waals surface area contributed by atoms with Crippen LogP contribution in [-0.2, 0) is 95.0 Å². The van der Waals surface area contributed by atoms with Gasteiger partial charge in [0.2, 0.25) is 17.7 Å². The van der Waals surface area contributed by atoms with E-state index in [0.29, 0.717) is 94.0 Å². The molecule has 100 heavy (non-hydrogen) atoms. The molecular formula is C76H148N4O20. The summed E-state index contributed by atoms with van der Waals surface area (Å²) in [5, 5.41) is 8.26. The summed E-state index contributed by atoms with van der Waals surface area (Å²) in [5.41, 5.74) is 0. The van der Waals surface area contributed by atoms with Gasteiger partial charge in [0.1, 0.15) is 12.2 Å². The van der Waals surface area contributed by atoms with Gasteiger partial charge in [-0.25, -0.2) is 0 Å². The zero-order valence-electron chi connectivity index (χ0n) is 65.6. The number of carbonyl (C=O) groups is 4. The molecule has 0 aromatic rings. The van der Waals surface area contributed by atoms with Crippen molar-refractivity contribution in [2.24, 2.45) is 11.8 Å². The van der Waals surface area contributed by atoms with Crippen molar-refractivity contribution in [1.29, 1.82) is 0 Å². The number of nitrogens with one attached hydrogen (secondary N) is 3. The number of carbonyl (C=O) groups excluding carboxylic acids is 4. The predicted molar refractivity (Wildman–Crippen MR) is 391 cm³/mol. The number of amides is 4. The fourth-order valence-corrected chi connectivity index (χ4v) is 12.6. The summed E-state index contributed by atoms with van der Waals surface area (Å²) in [7, 11) is 1.83. The Labute approximate surface area is 606 Å². The molecule has 24 heteroatoms. The molecule has 0 aliphatic carbocycles. The zero-order chi connectivity index (χ0) is 73.8. The molecule has 24 nitrogen and oxygen atoms in total. The maximum atomic E-state index is 11.3. The van der Waals surface area contributed by atoms with E-state index in [2.05, 4.69) is 43.6 Å². The molecule has 10 unspecified atom stereocenters. The highest BCUT2D eigenvalue weighted by atomic mass is 16.6. The molecule has 10 atom stereocenters. The van der Waals surface area contributed by atoms with Crippen molar-refractivity contribution in [2.75, 3.05) is 165 Å². The van der Waals surface area contributed by atoms with Crippen molar-refractivity contribution in [2.45, 2.75) is 292 Å². The average Bonchev–Trinajstić information content (AvgIpc) is 1.09. The predicted octanol–water partition coefficient (Wildman–Crippen LogP) is 10.4. The van der Waals surface area contributed by atoms with Gasteiger partial charge in [-0.1, -0.05) is 0 Å². The highest BCUT2D eigenvalue weighted by Crippen LogP contribution is 2.25. The second kappa shape index (κ2) is 64.6. The van der Waals surface area contributed by atoms with E-state index in [1.54, 1.807) is 4.90 Å². The summed E-state index contributed by atoms with van der Waals surface area (Å²) < 4.78 is 85.3. The van der Waals surface area contributed by atoms with E-state index in [4.69, 9.17) is 75.8 Å². The topological polar surface area (TPSA) is 255 Å². The molecule has 10 saturated heterocycles. The van der Waals surface area contributed by atoms with Crippen molar-refractivity contribution >= 4 is 23.6 Å². The Hall–Kier alpha value is -2.76. The standard InChI is InChI=1S/C10H20O2.C9H18O2.C8H15NO2.C8H16O2.3C7H13NO2.2C7H14O2.C6H12O2/c1-4-11-7-10-5-8(2)12-9(3)6-10;1-4-10-9-5-7(2)11-8(3)6-9;1-3-11-7-5-4-6-9(2)8(7)10;1-2-9-7-8-3-5-10-6-4-8;1-2-10-6-3-4-8-7(9)5-6;1-2-10-6-3-4-7(9)8-5-6;1-2-10-6-4-3-5-8-7(6)9;1-2-9-7-3-5-8-6-4-7;1-2-9-7-4-3-5-8-6-7;1-2-8-6-3-4-7-5-6/h8-10H,4-7H2,1-3H3;7-9H,4-6H2,1-3H3;7H,3-6H2,1-2H3;8H,2-7H2,1H3;3*6H,2-5H2,1H3,(H,8,9);2*7H,2-6H2,1H3;6H,2-5H2,1H3.